The fraction of sp³-hybridized carbons (Fsp3) is 0.500. The smallest absolute Gasteiger partial charge is 0.242 e. The zero-order chi connectivity index (χ0) is 13.1. The number of hydrogen-bond donors (Lipinski definition) is 1. The number of nitrogens with zero attached hydrogens (tertiary/aromatic N) is 1. The molecule has 3 nitrogen and oxygen atoms in total. The van der Waals surface area contributed by atoms with E-state index in [4.69, 9.17) is 0 Å². The van der Waals surface area contributed by atoms with Crippen LogP contribution in [0.4, 0.5) is 10.1 Å². The fourth-order valence-corrected chi connectivity index (χ4v) is 2.06. The fourth-order valence-electron chi connectivity index (χ4n) is 2.06. The van der Waals surface area contributed by atoms with Gasteiger partial charge in [0.25, 0.3) is 0 Å². The molecule has 0 radical (unpaired) electrons. The Morgan fingerprint density at radius 3 is 2.78 bits per heavy atom. The number of carbonyl (C=O) groups is 1. The molecular weight excluding hydrogens is 231 g/mol. The lowest BCUT2D eigenvalue weighted by Crippen LogP contribution is -2.37. The van der Waals surface area contributed by atoms with Crippen LogP contribution in [0.3, 0.4) is 0 Å². The molecule has 0 heterocycles. The summed E-state index contributed by atoms with van der Waals surface area (Å²) in [4.78, 5) is 13.8. The van der Waals surface area contributed by atoms with Gasteiger partial charge in [0.2, 0.25) is 5.91 Å². The molecule has 0 bridgehead atoms. The molecule has 2 rings (SSSR count). The third-order valence-electron chi connectivity index (χ3n) is 3.20. The average molecular weight is 250 g/mol. The number of rotatable bonds is 5. The van der Waals surface area contributed by atoms with Crippen molar-refractivity contribution in [2.45, 2.75) is 32.7 Å². The Kier molecular flexibility index (Phi) is 3.84. The zero-order valence-electron chi connectivity index (χ0n) is 10.9. The van der Waals surface area contributed by atoms with Gasteiger partial charge in [0.05, 0.1) is 12.2 Å². The Balaban J connectivity index is 1.92. The Morgan fingerprint density at radius 1 is 1.50 bits per heavy atom. The molecule has 1 aliphatic carbocycles. The summed E-state index contributed by atoms with van der Waals surface area (Å²) in [6, 6.07) is 5.37. The quantitative estimate of drug-likeness (QED) is 0.871. The SMILES string of the molecule is CCN(C(=O)CNc1ccc(C)cc1F)C1CC1. The number of halogens is 1. The van der Waals surface area contributed by atoms with E-state index in [0.29, 0.717) is 11.7 Å². The maximum absolute atomic E-state index is 13.6. The largest absolute Gasteiger partial charge is 0.374 e. The van der Waals surface area contributed by atoms with Gasteiger partial charge >= 0.3 is 0 Å². The van der Waals surface area contributed by atoms with Crippen LogP contribution in [-0.2, 0) is 4.79 Å². The van der Waals surface area contributed by atoms with Gasteiger partial charge in [-0.3, -0.25) is 4.79 Å². The van der Waals surface area contributed by atoms with Gasteiger partial charge in [-0.25, -0.2) is 4.39 Å². The average Bonchev–Trinajstić information content (AvgIpc) is 3.13. The van der Waals surface area contributed by atoms with Gasteiger partial charge < -0.3 is 10.2 Å². The van der Waals surface area contributed by atoms with Gasteiger partial charge in [-0.05, 0) is 44.4 Å². The van der Waals surface area contributed by atoms with Gasteiger partial charge in [-0.1, -0.05) is 6.07 Å². The van der Waals surface area contributed by atoms with Crippen LogP contribution in [0.25, 0.3) is 0 Å². The highest BCUT2D eigenvalue weighted by Gasteiger charge is 2.30. The van der Waals surface area contributed by atoms with Gasteiger partial charge in [0.15, 0.2) is 0 Å². The van der Waals surface area contributed by atoms with Crippen molar-refractivity contribution < 1.29 is 9.18 Å². The standard InChI is InChI=1S/C14H19FN2O/c1-3-17(11-5-6-11)14(18)9-16-13-7-4-10(2)8-12(13)15/h4,7-8,11,16H,3,5-6,9H2,1-2H3. The molecule has 1 fully saturated rings. The molecule has 98 valence electrons. The van der Waals surface area contributed by atoms with Crippen LogP contribution < -0.4 is 5.32 Å². The highest BCUT2D eigenvalue weighted by molar-refractivity contribution is 5.81. The van der Waals surface area contributed by atoms with Crippen molar-refractivity contribution in [2.75, 3.05) is 18.4 Å². The Morgan fingerprint density at radius 2 is 2.22 bits per heavy atom. The second-order valence-electron chi connectivity index (χ2n) is 4.75. The molecule has 1 aromatic carbocycles. The molecule has 1 amide bonds. The van der Waals surface area contributed by atoms with Crippen LogP contribution in [-0.4, -0.2) is 29.9 Å². The number of hydrogen-bond acceptors (Lipinski definition) is 2. The van der Waals surface area contributed by atoms with E-state index in [1.54, 1.807) is 6.07 Å². The van der Waals surface area contributed by atoms with Crippen molar-refractivity contribution in [3.05, 3.63) is 29.6 Å². The van der Waals surface area contributed by atoms with E-state index in [1.807, 2.05) is 24.8 Å². The lowest BCUT2D eigenvalue weighted by Gasteiger charge is -2.20. The molecule has 1 saturated carbocycles. The topological polar surface area (TPSA) is 32.3 Å². The van der Waals surface area contributed by atoms with E-state index in [2.05, 4.69) is 5.32 Å². The number of benzene rings is 1. The third kappa shape index (κ3) is 3.00. The molecule has 1 N–H and O–H groups in total. The lowest BCUT2D eigenvalue weighted by atomic mass is 10.2. The molecule has 0 aliphatic heterocycles. The number of anilines is 1. The van der Waals surface area contributed by atoms with Crippen LogP contribution in [0.1, 0.15) is 25.3 Å². The first-order chi connectivity index (χ1) is 8.61. The predicted molar refractivity (Wildman–Crippen MR) is 70.0 cm³/mol. The minimum absolute atomic E-state index is 0.0416. The summed E-state index contributed by atoms with van der Waals surface area (Å²) in [7, 11) is 0. The van der Waals surface area contributed by atoms with E-state index < -0.39 is 0 Å². The van der Waals surface area contributed by atoms with Crippen molar-refractivity contribution in [3.8, 4) is 0 Å². The summed E-state index contributed by atoms with van der Waals surface area (Å²) in [6.07, 6.45) is 2.19. The Hall–Kier alpha value is -1.58. The molecule has 1 aliphatic rings. The third-order valence-corrected chi connectivity index (χ3v) is 3.20. The minimum Gasteiger partial charge on any atom is -0.374 e. The van der Waals surface area contributed by atoms with Crippen LogP contribution >= 0.6 is 0 Å². The van der Waals surface area contributed by atoms with E-state index in [9.17, 15) is 9.18 Å². The molecule has 4 heteroatoms. The highest BCUT2D eigenvalue weighted by atomic mass is 19.1. The first kappa shape index (κ1) is 12.9. The lowest BCUT2D eigenvalue weighted by molar-refractivity contribution is -0.129. The second-order valence-corrected chi connectivity index (χ2v) is 4.75. The molecule has 1 aromatic rings. The minimum atomic E-state index is -0.308. The molecule has 0 spiro atoms. The van der Waals surface area contributed by atoms with E-state index in [1.165, 1.54) is 6.07 Å². The Labute approximate surface area is 107 Å². The summed E-state index contributed by atoms with van der Waals surface area (Å²) >= 11 is 0. The zero-order valence-corrected chi connectivity index (χ0v) is 10.9. The monoisotopic (exact) mass is 250 g/mol. The van der Waals surface area contributed by atoms with Crippen LogP contribution in [0.2, 0.25) is 0 Å². The maximum Gasteiger partial charge on any atom is 0.242 e. The normalized spacial score (nSPS) is 14.4. The number of carbonyl (C=O) groups excluding carboxylic acids is 1. The maximum atomic E-state index is 13.6. The summed E-state index contributed by atoms with van der Waals surface area (Å²) in [5.74, 6) is -0.266. The summed E-state index contributed by atoms with van der Waals surface area (Å²) in [6.45, 7) is 4.69. The molecular formula is C14H19FN2O. The van der Waals surface area contributed by atoms with Crippen LogP contribution in [0.15, 0.2) is 18.2 Å². The van der Waals surface area contributed by atoms with Gasteiger partial charge in [-0.15, -0.1) is 0 Å². The molecule has 0 saturated heterocycles. The first-order valence-corrected chi connectivity index (χ1v) is 6.41. The van der Waals surface area contributed by atoms with Crippen LogP contribution in [0, 0.1) is 12.7 Å². The van der Waals surface area contributed by atoms with Crippen molar-refractivity contribution in [1.29, 1.82) is 0 Å². The second kappa shape index (κ2) is 5.38. The Bertz CT molecular complexity index is 443. The van der Waals surface area contributed by atoms with Crippen LogP contribution in [0.5, 0.6) is 0 Å². The summed E-state index contributed by atoms with van der Waals surface area (Å²) in [5.41, 5.74) is 1.26. The predicted octanol–water partition coefficient (Wildman–Crippen LogP) is 2.56. The number of aryl methyl sites for hydroxylation is 1. The van der Waals surface area contributed by atoms with Crippen molar-refractivity contribution in [2.24, 2.45) is 0 Å². The van der Waals surface area contributed by atoms with Crippen molar-refractivity contribution in [1.82, 2.24) is 4.90 Å². The van der Waals surface area contributed by atoms with E-state index in [0.717, 1.165) is 24.9 Å². The molecule has 18 heavy (non-hydrogen) atoms. The van der Waals surface area contributed by atoms with Gasteiger partial charge in [0.1, 0.15) is 5.82 Å². The summed E-state index contributed by atoms with van der Waals surface area (Å²) in [5, 5.41) is 2.87. The van der Waals surface area contributed by atoms with E-state index in [-0.39, 0.29) is 18.3 Å². The number of amides is 1. The summed E-state index contributed by atoms with van der Waals surface area (Å²) < 4.78 is 13.6. The molecule has 0 atom stereocenters. The molecule has 0 aromatic heterocycles. The first-order valence-electron chi connectivity index (χ1n) is 6.41. The highest BCUT2D eigenvalue weighted by Crippen LogP contribution is 2.26. The van der Waals surface area contributed by atoms with Crippen molar-refractivity contribution in [3.63, 3.8) is 0 Å². The molecule has 0 unspecified atom stereocenters. The number of likely N-dealkylation sites (N-methyl/N-ethyl adjacent to an activating group) is 1. The number of nitrogens with one attached hydrogen (secondary N) is 1. The van der Waals surface area contributed by atoms with E-state index >= 15 is 0 Å². The van der Waals surface area contributed by atoms with Gasteiger partial charge in [-0.2, -0.15) is 0 Å². The van der Waals surface area contributed by atoms with Crippen molar-refractivity contribution >= 4 is 11.6 Å². The van der Waals surface area contributed by atoms with Gasteiger partial charge in [0, 0.05) is 12.6 Å².